The van der Waals surface area contributed by atoms with Crippen LogP contribution in [-0.4, -0.2) is 19.3 Å². The average molecular weight is 269 g/mol. The molecule has 0 heterocycles. The van der Waals surface area contributed by atoms with Gasteiger partial charge in [-0.05, 0) is 18.2 Å². The first-order chi connectivity index (χ1) is 8.11. The first-order valence-electron chi connectivity index (χ1n) is 4.54. The third-order valence-corrected chi connectivity index (χ3v) is 2.17. The topological polar surface area (TPSA) is 52.3 Å². The van der Waals surface area contributed by atoms with Gasteiger partial charge in [-0.2, -0.15) is 22.0 Å². The van der Waals surface area contributed by atoms with Crippen LogP contribution in [0.4, 0.5) is 27.6 Å². The number of nitrogen functional groups attached to an aromatic ring is 1. The predicted molar refractivity (Wildman–Crippen MR) is 52.1 cm³/mol. The maximum absolute atomic E-state index is 13.1. The highest BCUT2D eigenvalue weighted by Gasteiger charge is 2.59. The van der Waals surface area contributed by atoms with Crippen LogP contribution in [-0.2, 0) is 10.7 Å². The number of carbonyl (C=O) groups is 1. The molecule has 2 N–H and O–H groups in total. The molecular weight excluding hydrogens is 261 g/mol. The molecule has 0 amide bonds. The summed E-state index contributed by atoms with van der Waals surface area (Å²) in [5.74, 6) is -6.17. The van der Waals surface area contributed by atoms with Crippen LogP contribution >= 0.6 is 0 Å². The molecule has 0 unspecified atom stereocenters. The van der Waals surface area contributed by atoms with E-state index in [4.69, 9.17) is 5.73 Å². The first kappa shape index (κ1) is 14.2. The van der Waals surface area contributed by atoms with Crippen LogP contribution in [0.5, 0.6) is 0 Å². The number of rotatable bonds is 2. The van der Waals surface area contributed by atoms with Crippen LogP contribution < -0.4 is 5.73 Å². The van der Waals surface area contributed by atoms with Crippen LogP contribution in [0.25, 0.3) is 0 Å². The van der Waals surface area contributed by atoms with Crippen LogP contribution in [0, 0.1) is 0 Å². The molecule has 0 aromatic heterocycles. The molecule has 0 aliphatic heterocycles. The van der Waals surface area contributed by atoms with Crippen molar-refractivity contribution in [1.82, 2.24) is 0 Å². The molecule has 0 bridgehead atoms. The summed E-state index contributed by atoms with van der Waals surface area (Å²) in [5.41, 5.74) is 2.41. The fourth-order valence-electron chi connectivity index (χ4n) is 1.23. The van der Waals surface area contributed by atoms with Crippen LogP contribution in [0.15, 0.2) is 18.2 Å². The standard InChI is InChI=1S/C10H8F5NO2/c1-18-8(17)5-2-3-7(16)6(4-5)9(11,12)10(13,14)15/h2-4H,16H2,1H3. The largest absolute Gasteiger partial charge is 0.465 e. The first-order valence-corrected chi connectivity index (χ1v) is 4.54. The van der Waals surface area contributed by atoms with Gasteiger partial charge in [0.05, 0.1) is 18.2 Å². The van der Waals surface area contributed by atoms with Crippen molar-refractivity contribution in [3.63, 3.8) is 0 Å². The molecule has 0 atom stereocenters. The van der Waals surface area contributed by atoms with E-state index < -0.39 is 34.9 Å². The van der Waals surface area contributed by atoms with Gasteiger partial charge in [0.25, 0.3) is 0 Å². The molecule has 0 aliphatic rings. The lowest BCUT2D eigenvalue weighted by atomic mass is 10.0. The Labute approximate surface area is 98.3 Å². The summed E-state index contributed by atoms with van der Waals surface area (Å²) in [6.07, 6.45) is -5.80. The van der Waals surface area contributed by atoms with Crippen molar-refractivity contribution < 1.29 is 31.5 Å². The number of halogens is 5. The minimum atomic E-state index is -5.80. The summed E-state index contributed by atoms with van der Waals surface area (Å²) < 4.78 is 67.0. The molecular formula is C10H8F5NO2. The molecule has 0 radical (unpaired) electrons. The SMILES string of the molecule is COC(=O)c1ccc(N)c(C(F)(F)C(F)(F)F)c1. The van der Waals surface area contributed by atoms with Gasteiger partial charge >= 0.3 is 18.1 Å². The Morgan fingerprint density at radius 3 is 2.22 bits per heavy atom. The van der Waals surface area contributed by atoms with Crippen molar-refractivity contribution in [3.8, 4) is 0 Å². The summed E-state index contributed by atoms with van der Waals surface area (Å²) in [7, 11) is 0.972. The lowest BCUT2D eigenvalue weighted by molar-refractivity contribution is -0.289. The Balaban J connectivity index is 3.37. The summed E-state index contributed by atoms with van der Waals surface area (Å²) in [6, 6.07) is 2.16. The number of benzene rings is 1. The summed E-state index contributed by atoms with van der Waals surface area (Å²) in [5, 5.41) is 0. The van der Waals surface area contributed by atoms with Gasteiger partial charge in [0.1, 0.15) is 0 Å². The molecule has 100 valence electrons. The number of carbonyl (C=O) groups excluding carboxylic acids is 1. The predicted octanol–water partition coefficient (Wildman–Crippen LogP) is 2.71. The van der Waals surface area contributed by atoms with Crippen molar-refractivity contribution in [3.05, 3.63) is 29.3 Å². The number of ether oxygens (including phenoxy) is 1. The number of nitrogens with two attached hydrogens (primary N) is 1. The number of hydrogen-bond donors (Lipinski definition) is 1. The number of esters is 1. The molecule has 3 nitrogen and oxygen atoms in total. The third-order valence-electron chi connectivity index (χ3n) is 2.17. The molecule has 8 heteroatoms. The van der Waals surface area contributed by atoms with Crippen molar-refractivity contribution in [2.75, 3.05) is 12.8 Å². The Hall–Kier alpha value is -1.86. The Bertz CT molecular complexity index is 470. The highest BCUT2D eigenvalue weighted by molar-refractivity contribution is 5.90. The minimum Gasteiger partial charge on any atom is -0.465 e. The van der Waals surface area contributed by atoms with Gasteiger partial charge in [0, 0.05) is 5.69 Å². The van der Waals surface area contributed by atoms with Gasteiger partial charge in [0.2, 0.25) is 0 Å². The smallest absolute Gasteiger partial charge is 0.458 e. The van der Waals surface area contributed by atoms with E-state index in [1.165, 1.54) is 0 Å². The number of alkyl halides is 5. The molecule has 0 saturated carbocycles. The van der Waals surface area contributed by atoms with Gasteiger partial charge in [-0.3, -0.25) is 0 Å². The van der Waals surface area contributed by atoms with Crippen molar-refractivity contribution >= 4 is 11.7 Å². The molecule has 1 aromatic rings. The fourth-order valence-corrected chi connectivity index (χ4v) is 1.23. The second-order valence-corrected chi connectivity index (χ2v) is 3.37. The summed E-state index contributed by atoms with van der Waals surface area (Å²) in [6.45, 7) is 0. The third kappa shape index (κ3) is 2.36. The zero-order valence-electron chi connectivity index (χ0n) is 9.02. The quantitative estimate of drug-likeness (QED) is 0.510. The highest BCUT2D eigenvalue weighted by Crippen LogP contribution is 2.46. The molecule has 0 aliphatic carbocycles. The van der Waals surface area contributed by atoms with E-state index in [0.717, 1.165) is 19.2 Å². The second-order valence-electron chi connectivity index (χ2n) is 3.37. The molecule has 1 rings (SSSR count). The van der Waals surface area contributed by atoms with E-state index in [-0.39, 0.29) is 0 Å². The van der Waals surface area contributed by atoms with E-state index in [0.29, 0.717) is 6.07 Å². The van der Waals surface area contributed by atoms with Gasteiger partial charge in [0.15, 0.2) is 0 Å². The molecule has 0 fully saturated rings. The maximum atomic E-state index is 13.1. The number of hydrogen-bond acceptors (Lipinski definition) is 3. The minimum absolute atomic E-state index is 0.370. The van der Waals surface area contributed by atoms with Gasteiger partial charge in [-0.25, -0.2) is 4.79 Å². The Morgan fingerprint density at radius 2 is 1.78 bits per heavy atom. The molecule has 0 saturated heterocycles. The van der Waals surface area contributed by atoms with Crippen LogP contribution in [0.1, 0.15) is 15.9 Å². The summed E-state index contributed by atoms with van der Waals surface area (Å²) >= 11 is 0. The molecule has 1 aromatic carbocycles. The normalized spacial score (nSPS) is 12.3. The molecule has 18 heavy (non-hydrogen) atoms. The summed E-state index contributed by atoms with van der Waals surface area (Å²) in [4.78, 5) is 11.1. The van der Waals surface area contributed by atoms with Crippen molar-refractivity contribution in [2.24, 2.45) is 0 Å². The van der Waals surface area contributed by atoms with Crippen LogP contribution in [0.3, 0.4) is 0 Å². The van der Waals surface area contributed by atoms with Gasteiger partial charge < -0.3 is 10.5 Å². The fraction of sp³-hybridized carbons (Fsp3) is 0.300. The van der Waals surface area contributed by atoms with E-state index >= 15 is 0 Å². The highest BCUT2D eigenvalue weighted by atomic mass is 19.4. The molecule has 0 spiro atoms. The lowest BCUT2D eigenvalue weighted by Crippen LogP contribution is -2.34. The maximum Gasteiger partial charge on any atom is 0.458 e. The zero-order chi connectivity index (χ0) is 14.1. The Kier molecular flexibility index (Phi) is 3.50. The Morgan fingerprint density at radius 1 is 1.22 bits per heavy atom. The monoisotopic (exact) mass is 269 g/mol. The lowest BCUT2D eigenvalue weighted by Gasteiger charge is -2.21. The van der Waals surface area contributed by atoms with E-state index in [9.17, 15) is 26.7 Å². The second kappa shape index (κ2) is 4.43. The van der Waals surface area contributed by atoms with Crippen molar-refractivity contribution in [2.45, 2.75) is 12.1 Å². The van der Waals surface area contributed by atoms with E-state index in [2.05, 4.69) is 4.74 Å². The van der Waals surface area contributed by atoms with Crippen LogP contribution in [0.2, 0.25) is 0 Å². The van der Waals surface area contributed by atoms with E-state index in [1.54, 1.807) is 0 Å². The zero-order valence-corrected chi connectivity index (χ0v) is 9.02. The van der Waals surface area contributed by atoms with Gasteiger partial charge in [-0.1, -0.05) is 0 Å². The van der Waals surface area contributed by atoms with E-state index in [1.807, 2.05) is 0 Å². The number of methoxy groups -OCH3 is 1. The van der Waals surface area contributed by atoms with Crippen molar-refractivity contribution in [1.29, 1.82) is 0 Å². The van der Waals surface area contributed by atoms with Gasteiger partial charge in [-0.15, -0.1) is 0 Å². The average Bonchev–Trinajstić information content (AvgIpc) is 2.26. The number of anilines is 1.